The molecule has 0 aliphatic heterocycles. The highest BCUT2D eigenvalue weighted by atomic mass is 32.2. The number of carbonyl (C=O) groups excluding carboxylic acids is 1. The molecule has 0 atom stereocenters. The molecule has 3 N–H and O–H groups in total. The molecule has 0 fully saturated rings. The van der Waals surface area contributed by atoms with Crippen molar-refractivity contribution in [2.45, 2.75) is 30.4 Å². The zero-order chi connectivity index (χ0) is 17.2. The summed E-state index contributed by atoms with van der Waals surface area (Å²) in [5.74, 6) is -1.36. The number of thioether (sulfide) groups is 1. The van der Waals surface area contributed by atoms with Gasteiger partial charge < -0.3 is 10.8 Å². The van der Waals surface area contributed by atoms with E-state index in [9.17, 15) is 14.7 Å². The first kappa shape index (κ1) is 17.0. The molecule has 2 aromatic rings. The van der Waals surface area contributed by atoms with Crippen molar-refractivity contribution < 1.29 is 14.7 Å². The highest BCUT2D eigenvalue weighted by Crippen LogP contribution is 2.39. The van der Waals surface area contributed by atoms with E-state index in [0.29, 0.717) is 5.56 Å². The van der Waals surface area contributed by atoms with Gasteiger partial charge in [-0.1, -0.05) is 6.07 Å². The van der Waals surface area contributed by atoms with Gasteiger partial charge in [0.05, 0.1) is 0 Å². The van der Waals surface area contributed by atoms with Crippen LogP contribution in [0, 0.1) is 6.92 Å². The fourth-order valence-electron chi connectivity index (χ4n) is 2.11. The second kappa shape index (κ2) is 6.42. The number of pyridine rings is 1. The summed E-state index contributed by atoms with van der Waals surface area (Å²) in [6.07, 6.45) is 3.34. The second-order valence-electron chi connectivity index (χ2n) is 5.68. The van der Waals surface area contributed by atoms with Crippen molar-refractivity contribution in [2.75, 3.05) is 0 Å². The van der Waals surface area contributed by atoms with Crippen LogP contribution >= 0.6 is 11.8 Å². The van der Waals surface area contributed by atoms with E-state index in [2.05, 4.69) is 4.98 Å². The van der Waals surface area contributed by atoms with E-state index in [-0.39, 0.29) is 0 Å². The van der Waals surface area contributed by atoms with E-state index in [1.54, 1.807) is 44.4 Å². The molecule has 0 aliphatic carbocycles. The van der Waals surface area contributed by atoms with Crippen molar-refractivity contribution in [1.82, 2.24) is 4.98 Å². The van der Waals surface area contributed by atoms with Crippen LogP contribution < -0.4 is 5.73 Å². The summed E-state index contributed by atoms with van der Waals surface area (Å²) in [7, 11) is 0. The third-order valence-corrected chi connectivity index (χ3v) is 4.72. The van der Waals surface area contributed by atoms with Gasteiger partial charge in [-0.05, 0) is 50.1 Å². The van der Waals surface area contributed by atoms with Gasteiger partial charge in [-0.2, -0.15) is 0 Å². The van der Waals surface area contributed by atoms with E-state index in [1.807, 2.05) is 13.0 Å². The molecule has 120 valence electrons. The highest BCUT2D eigenvalue weighted by Gasteiger charge is 2.29. The molecule has 0 saturated heterocycles. The second-order valence-corrected chi connectivity index (χ2v) is 7.35. The van der Waals surface area contributed by atoms with Gasteiger partial charge in [-0.3, -0.25) is 14.6 Å². The van der Waals surface area contributed by atoms with E-state index >= 15 is 0 Å². The smallest absolute Gasteiger partial charge is 0.319 e. The number of amides is 1. The predicted octanol–water partition coefficient (Wildman–Crippen LogP) is 3.11. The molecule has 0 spiro atoms. The van der Waals surface area contributed by atoms with Gasteiger partial charge in [0, 0.05) is 28.4 Å². The number of aromatic nitrogens is 1. The first-order valence-electron chi connectivity index (χ1n) is 6.99. The third kappa shape index (κ3) is 3.71. The van der Waals surface area contributed by atoms with Crippen molar-refractivity contribution in [3.05, 3.63) is 47.8 Å². The summed E-state index contributed by atoms with van der Waals surface area (Å²) in [6.45, 7) is 5.20. The molecular weight excluding hydrogens is 312 g/mol. The molecule has 0 aliphatic rings. The average molecular weight is 330 g/mol. The molecule has 5 nitrogen and oxygen atoms in total. The molecule has 6 heteroatoms. The van der Waals surface area contributed by atoms with Crippen molar-refractivity contribution in [1.29, 1.82) is 0 Å². The molecule has 2 rings (SSSR count). The zero-order valence-electron chi connectivity index (χ0n) is 13.2. The summed E-state index contributed by atoms with van der Waals surface area (Å²) in [4.78, 5) is 27.6. The summed E-state index contributed by atoms with van der Waals surface area (Å²) in [6, 6.07) is 6.99. The number of nitrogens with zero attached hydrogens (tertiary/aromatic N) is 1. The molecule has 1 aromatic carbocycles. The van der Waals surface area contributed by atoms with E-state index < -0.39 is 16.6 Å². The fourth-order valence-corrected chi connectivity index (χ4v) is 3.15. The van der Waals surface area contributed by atoms with E-state index in [1.165, 1.54) is 11.8 Å². The molecule has 0 bridgehead atoms. The van der Waals surface area contributed by atoms with Crippen LogP contribution in [0.4, 0.5) is 0 Å². The number of aryl methyl sites for hydroxylation is 1. The molecule has 1 aromatic heterocycles. The fraction of sp³-hybridized carbons (Fsp3) is 0.235. The molecule has 0 saturated carbocycles. The zero-order valence-corrected chi connectivity index (χ0v) is 14.0. The lowest BCUT2D eigenvalue weighted by Gasteiger charge is -2.20. The largest absolute Gasteiger partial charge is 0.480 e. The lowest BCUT2D eigenvalue weighted by molar-refractivity contribution is -0.138. The topological polar surface area (TPSA) is 93.3 Å². The molecule has 1 heterocycles. The van der Waals surface area contributed by atoms with Gasteiger partial charge in [-0.25, -0.2) is 0 Å². The van der Waals surface area contributed by atoms with E-state index in [0.717, 1.165) is 21.6 Å². The maximum Gasteiger partial charge on any atom is 0.319 e. The lowest BCUT2D eigenvalue weighted by atomic mass is 9.99. The highest BCUT2D eigenvalue weighted by molar-refractivity contribution is 8.01. The van der Waals surface area contributed by atoms with E-state index in [4.69, 9.17) is 5.73 Å². The monoisotopic (exact) mass is 330 g/mol. The lowest BCUT2D eigenvalue weighted by Crippen LogP contribution is -2.27. The minimum absolute atomic E-state index is 0.440. The van der Waals surface area contributed by atoms with Crippen molar-refractivity contribution in [3.63, 3.8) is 0 Å². The summed E-state index contributed by atoms with van der Waals surface area (Å²) in [5.41, 5.74) is 8.34. The van der Waals surface area contributed by atoms with Crippen LogP contribution in [0.2, 0.25) is 0 Å². The van der Waals surface area contributed by atoms with Gasteiger partial charge >= 0.3 is 5.97 Å². The van der Waals surface area contributed by atoms with Crippen LogP contribution in [0.3, 0.4) is 0 Å². The van der Waals surface area contributed by atoms with Crippen LogP contribution in [0.15, 0.2) is 41.6 Å². The van der Waals surface area contributed by atoms with Crippen molar-refractivity contribution >= 4 is 23.6 Å². The van der Waals surface area contributed by atoms with Gasteiger partial charge in [0.25, 0.3) is 0 Å². The number of aliphatic carboxylic acids is 1. The molecule has 23 heavy (non-hydrogen) atoms. The minimum atomic E-state index is -0.961. The summed E-state index contributed by atoms with van der Waals surface area (Å²) >= 11 is 1.26. The number of primary amides is 1. The number of hydrogen-bond acceptors (Lipinski definition) is 4. The van der Waals surface area contributed by atoms with Crippen LogP contribution in [-0.4, -0.2) is 26.7 Å². The SMILES string of the molecule is Cc1cc(C(N)=O)ccc1-c1cnccc1SC(C)(C)C(=O)O. The summed E-state index contributed by atoms with van der Waals surface area (Å²) in [5, 5.41) is 9.33. The molecule has 0 radical (unpaired) electrons. The van der Waals surface area contributed by atoms with Crippen LogP contribution in [0.5, 0.6) is 0 Å². The predicted molar refractivity (Wildman–Crippen MR) is 90.5 cm³/mol. The molecular formula is C17H18N2O3S. The van der Waals surface area contributed by atoms with Gasteiger partial charge in [0.15, 0.2) is 0 Å². The Morgan fingerprint density at radius 1 is 1.22 bits per heavy atom. The number of rotatable bonds is 5. The average Bonchev–Trinajstić information content (AvgIpc) is 2.47. The maximum atomic E-state index is 11.4. The number of carboxylic acids is 1. The van der Waals surface area contributed by atoms with Crippen LogP contribution in [-0.2, 0) is 4.79 Å². The Kier molecular flexibility index (Phi) is 4.75. The Hall–Kier alpha value is -2.34. The Morgan fingerprint density at radius 2 is 1.91 bits per heavy atom. The van der Waals surface area contributed by atoms with Crippen LogP contribution in [0.25, 0.3) is 11.1 Å². The summed E-state index contributed by atoms with van der Waals surface area (Å²) < 4.78 is -0.961. The number of benzene rings is 1. The Bertz CT molecular complexity index is 772. The standard InChI is InChI=1S/C17H18N2O3S/c1-10-8-11(15(18)20)4-5-12(10)13-9-19-7-6-14(13)23-17(2,3)16(21)22/h4-9H,1-3H3,(H2,18,20)(H,21,22). The number of carboxylic acid groups (broad SMARTS) is 1. The number of hydrogen-bond donors (Lipinski definition) is 2. The Balaban J connectivity index is 2.49. The quantitative estimate of drug-likeness (QED) is 0.822. The van der Waals surface area contributed by atoms with Gasteiger partial charge in [-0.15, -0.1) is 11.8 Å². The third-order valence-electron chi connectivity index (χ3n) is 3.46. The first-order valence-corrected chi connectivity index (χ1v) is 7.81. The first-order chi connectivity index (χ1) is 10.7. The van der Waals surface area contributed by atoms with Gasteiger partial charge in [0.1, 0.15) is 4.75 Å². The maximum absolute atomic E-state index is 11.4. The van der Waals surface area contributed by atoms with Crippen LogP contribution in [0.1, 0.15) is 29.8 Å². The van der Waals surface area contributed by atoms with Gasteiger partial charge in [0.2, 0.25) is 5.91 Å². The number of carbonyl (C=O) groups is 2. The van der Waals surface area contributed by atoms with Crippen molar-refractivity contribution in [3.8, 4) is 11.1 Å². The number of nitrogens with two attached hydrogens (primary N) is 1. The molecule has 1 amide bonds. The van der Waals surface area contributed by atoms with Crippen molar-refractivity contribution in [2.24, 2.45) is 5.73 Å². The normalized spacial score (nSPS) is 11.3. The minimum Gasteiger partial charge on any atom is -0.480 e. The Labute approximate surface area is 138 Å². The Morgan fingerprint density at radius 3 is 2.48 bits per heavy atom. The molecule has 0 unspecified atom stereocenters.